The maximum absolute atomic E-state index is 11.8. The minimum absolute atomic E-state index is 0. The van der Waals surface area contributed by atoms with Gasteiger partial charge in [-0.3, -0.25) is 0 Å². The lowest BCUT2D eigenvalue weighted by atomic mass is 10.0. The molecule has 2 rings (SSSR count). The van der Waals surface area contributed by atoms with E-state index in [0.29, 0.717) is 12.2 Å². The molecule has 0 radical (unpaired) electrons. The van der Waals surface area contributed by atoms with Crippen molar-refractivity contribution in [2.75, 3.05) is 6.61 Å². The molecule has 0 aliphatic heterocycles. The van der Waals surface area contributed by atoms with E-state index in [2.05, 4.69) is 24.4 Å². The summed E-state index contributed by atoms with van der Waals surface area (Å²) in [5, 5.41) is 3.46. The van der Waals surface area contributed by atoms with Crippen LogP contribution in [0.25, 0.3) is 0 Å². The van der Waals surface area contributed by atoms with Gasteiger partial charge in [-0.25, -0.2) is 4.79 Å². The Bertz CT molecular complexity index is 587. The summed E-state index contributed by atoms with van der Waals surface area (Å²) in [6.45, 7) is 5.09. The van der Waals surface area contributed by atoms with E-state index < -0.39 is 0 Å². The standard InChI is InChI=1S/C18H21NO2.ClH/c1-3-21-18(20)17-11-7-10-16(12-17)14(2)19-13-15-8-5-4-6-9-15;/h4-12,14,19H,3,13H2,1-2H3;1H/t14-;/m0./s1. The minimum atomic E-state index is -0.269. The fraction of sp³-hybridized carbons (Fsp3) is 0.278. The third-order valence-corrected chi connectivity index (χ3v) is 3.35. The summed E-state index contributed by atoms with van der Waals surface area (Å²) >= 11 is 0. The summed E-state index contributed by atoms with van der Waals surface area (Å²) in [6, 6.07) is 18.0. The van der Waals surface area contributed by atoms with Crippen LogP contribution in [-0.4, -0.2) is 12.6 Å². The van der Waals surface area contributed by atoms with Crippen molar-refractivity contribution in [1.82, 2.24) is 5.32 Å². The van der Waals surface area contributed by atoms with Crippen LogP contribution >= 0.6 is 12.4 Å². The Morgan fingerprint density at radius 3 is 2.55 bits per heavy atom. The van der Waals surface area contributed by atoms with Gasteiger partial charge >= 0.3 is 5.97 Å². The van der Waals surface area contributed by atoms with Crippen LogP contribution < -0.4 is 5.32 Å². The summed E-state index contributed by atoms with van der Waals surface area (Å²) in [4.78, 5) is 11.8. The van der Waals surface area contributed by atoms with Crippen molar-refractivity contribution >= 4 is 18.4 Å². The Hall–Kier alpha value is -1.84. The molecule has 118 valence electrons. The normalized spacial score (nSPS) is 11.4. The largest absolute Gasteiger partial charge is 0.462 e. The number of halogens is 1. The molecule has 4 heteroatoms. The maximum Gasteiger partial charge on any atom is 0.338 e. The lowest BCUT2D eigenvalue weighted by Gasteiger charge is -2.15. The molecule has 0 saturated carbocycles. The van der Waals surface area contributed by atoms with Crippen LogP contribution in [0.3, 0.4) is 0 Å². The Morgan fingerprint density at radius 1 is 1.14 bits per heavy atom. The first-order valence-corrected chi connectivity index (χ1v) is 7.25. The van der Waals surface area contributed by atoms with Crippen molar-refractivity contribution < 1.29 is 9.53 Å². The van der Waals surface area contributed by atoms with Gasteiger partial charge in [0, 0.05) is 12.6 Å². The van der Waals surface area contributed by atoms with Gasteiger partial charge < -0.3 is 10.1 Å². The lowest BCUT2D eigenvalue weighted by Crippen LogP contribution is -2.18. The topological polar surface area (TPSA) is 38.3 Å². The first kappa shape index (κ1) is 18.2. The molecule has 3 nitrogen and oxygen atoms in total. The van der Waals surface area contributed by atoms with Crippen molar-refractivity contribution in [1.29, 1.82) is 0 Å². The van der Waals surface area contributed by atoms with E-state index in [4.69, 9.17) is 4.74 Å². The van der Waals surface area contributed by atoms with Gasteiger partial charge in [0.05, 0.1) is 12.2 Å². The highest BCUT2D eigenvalue weighted by Gasteiger charge is 2.10. The third-order valence-electron chi connectivity index (χ3n) is 3.35. The molecular formula is C18H22ClNO2. The SMILES string of the molecule is CCOC(=O)c1cccc([C@H](C)NCc2ccccc2)c1.Cl. The van der Waals surface area contributed by atoms with Crippen LogP contribution in [0.5, 0.6) is 0 Å². The summed E-state index contributed by atoms with van der Waals surface area (Å²) in [7, 11) is 0. The second kappa shape index (κ2) is 9.23. The minimum Gasteiger partial charge on any atom is -0.462 e. The van der Waals surface area contributed by atoms with E-state index in [0.717, 1.165) is 12.1 Å². The molecule has 0 bridgehead atoms. The Kier molecular flexibility index (Phi) is 7.64. The summed E-state index contributed by atoms with van der Waals surface area (Å²) in [6.07, 6.45) is 0. The summed E-state index contributed by atoms with van der Waals surface area (Å²) in [5.41, 5.74) is 2.92. The van der Waals surface area contributed by atoms with E-state index >= 15 is 0 Å². The Morgan fingerprint density at radius 2 is 1.86 bits per heavy atom. The number of esters is 1. The highest BCUT2D eigenvalue weighted by atomic mass is 35.5. The number of carbonyl (C=O) groups excluding carboxylic acids is 1. The number of carbonyl (C=O) groups is 1. The third kappa shape index (κ3) is 5.17. The molecule has 0 amide bonds. The average Bonchev–Trinajstić information content (AvgIpc) is 2.54. The van der Waals surface area contributed by atoms with Gasteiger partial charge in [0.1, 0.15) is 0 Å². The lowest BCUT2D eigenvalue weighted by molar-refractivity contribution is 0.0526. The molecule has 1 N–H and O–H groups in total. The van der Waals surface area contributed by atoms with Gasteiger partial charge in [-0.2, -0.15) is 0 Å². The smallest absolute Gasteiger partial charge is 0.338 e. The molecule has 0 aromatic heterocycles. The first-order valence-electron chi connectivity index (χ1n) is 7.25. The highest BCUT2D eigenvalue weighted by Crippen LogP contribution is 2.15. The van der Waals surface area contributed by atoms with Crippen LogP contribution in [0.2, 0.25) is 0 Å². The Labute approximate surface area is 138 Å². The van der Waals surface area contributed by atoms with Crippen molar-refractivity contribution in [3.63, 3.8) is 0 Å². The van der Waals surface area contributed by atoms with Gasteiger partial charge in [-0.1, -0.05) is 42.5 Å². The monoisotopic (exact) mass is 319 g/mol. The zero-order chi connectivity index (χ0) is 15.1. The predicted octanol–water partition coefficient (Wildman–Crippen LogP) is 4.14. The molecule has 0 heterocycles. The highest BCUT2D eigenvalue weighted by molar-refractivity contribution is 5.89. The van der Waals surface area contributed by atoms with Gasteiger partial charge in [-0.15, -0.1) is 12.4 Å². The van der Waals surface area contributed by atoms with Crippen LogP contribution in [-0.2, 0) is 11.3 Å². The predicted molar refractivity (Wildman–Crippen MR) is 91.3 cm³/mol. The van der Waals surface area contributed by atoms with Crippen molar-refractivity contribution in [3.05, 3.63) is 71.3 Å². The number of benzene rings is 2. The van der Waals surface area contributed by atoms with Gasteiger partial charge in [0.2, 0.25) is 0 Å². The molecule has 2 aromatic carbocycles. The van der Waals surface area contributed by atoms with Crippen molar-refractivity contribution in [2.45, 2.75) is 26.4 Å². The van der Waals surface area contributed by atoms with Crippen LogP contribution in [0, 0.1) is 0 Å². The number of rotatable bonds is 6. The molecule has 0 aliphatic carbocycles. The molecule has 1 atom stereocenters. The number of hydrogen-bond donors (Lipinski definition) is 1. The van der Waals surface area contributed by atoms with E-state index in [1.165, 1.54) is 5.56 Å². The molecular weight excluding hydrogens is 298 g/mol. The van der Waals surface area contributed by atoms with E-state index in [1.807, 2.05) is 43.3 Å². The quantitative estimate of drug-likeness (QED) is 0.813. The molecule has 0 spiro atoms. The van der Waals surface area contributed by atoms with Crippen molar-refractivity contribution in [3.8, 4) is 0 Å². The van der Waals surface area contributed by atoms with E-state index in [1.54, 1.807) is 6.07 Å². The number of hydrogen-bond acceptors (Lipinski definition) is 3. The molecule has 0 saturated heterocycles. The Balaban J connectivity index is 0.00000242. The zero-order valence-electron chi connectivity index (χ0n) is 12.9. The van der Waals surface area contributed by atoms with Crippen molar-refractivity contribution in [2.24, 2.45) is 0 Å². The zero-order valence-corrected chi connectivity index (χ0v) is 13.7. The van der Waals surface area contributed by atoms with Crippen LogP contribution in [0.4, 0.5) is 0 Å². The maximum atomic E-state index is 11.8. The van der Waals surface area contributed by atoms with E-state index in [-0.39, 0.29) is 24.4 Å². The molecule has 0 aliphatic rings. The molecule has 0 unspecified atom stereocenters. The average molecular weight is 320 g/mol. The fourth-order valence-electron chi connectivity index (χ4n) is 2.13. The number of ether oxygens (including phenoxy) is 1. The number of nitrogens with one attached hydrogen (secondary N) is 1. The van der Waals surface area contributed by atoms with Gasteiger partial charge in [0.25, 0.3) is 0 Å². The van der Waals surface area contributed by atoms with E-state index in [9.17, 15) is 4.79 Å². The second-order valence-corrected chi connectivity index (χ2v) is 4.93. The van der Waals surface area contributed by atoms with Crippen LogP contribution in [0.15, 0.2) is 54.6 Å². The first-order chi connectivity index (χ1) is 10.2. The molecule has 2 aromatic rings. The van der Waals surface area contributed by atoms with Gasteiger partial charge in [-0.05, 0) is 37.1 Å². The summed E-state index contributed by atoms with van der Waals surface area (Å²) in [5.74, 6) is -0.269. The van der Waals surface area contributed by atoms with Crippen LogP contribution in [0.1, 0.15) is 41.4 Å². The second-order valence-electron chi connectivity index (χ2n) is 4.93. The van der Waals surface area contributed by atoms with Gasteiger partial charge in [0.15, 0.2) is 0 Å². The fourth-order valence-corrected chi connectivity index (χ4v) is 2.13. The summed E-state index contributed by atoms with van der Waals surface area (Å²) < 4.78 is 5.03. The molecule has 22 heavy (non-hydrogen) atoms. The molecule has 0 fully saturated rings.